The standard InChI is InChI=1S/C22H17FN2O3S/c1-25(29(26,27)21-9-5-2-6-18(21)23)17-13-10-16(11-14-17)12-15-22-24-19-7-3-4-8-20(19)28-22/h2-15H,1H3. The summed E-state index contributed by atoms with van der Waals surface area (Å²) < 4.78 is 46.0. The summed E-state index contributed by atoms with van der Waals surface area (Å²) in [5.74, 6) is -0.299. The molecule has 0 unspecified atom stereocenters. The van der Waals surface area contributed by atoms with Gasteiger partial charge in [-0.05, 0) is 48.0 Å². The van der Waals surface area contributed by atoms with Crippen molar-refractivity contribution in [3.63, 3.8) is 0 Å². The Hall–Kier alpha value is -3.45. The zero-order chi connectivity index (χ0) is 20.4. The van der Waals surface area contributed by atoms with Crippen molar-refractivity contribution in [2.45, 2.75) is 4.90 Å². The second-order valence-corrected chi connectivity index (χ2v) is 8.29. The third-order valence-electron chi connectivity index (χ3n) is 4.46. The first-order valence-electron chi connectivity index (χ1n) is 8.82. The van der Waals surface area contributed by atoms with E-state index >= 15 is 0 Å². The lowest BCUT2D eigenvalue weighted by molar-refractivity contribution is 0.566. The van der Waals surface area contributed by atoms with Crippen LogP contribution in [0, 0.1) is 5.82 Å². The Morgan fingerprint density at radius 1 is 0.931 bits per heavy atom. The molecule has 0 aliphatic heterocycles. The molecule has 29 heavy (non-hydrogen) atoms. The molecule has 0 atom stereocenters. The molecule has 1 heterocycles. The average Bonchev–Trinajstić information content (AvgIpc) is 3.15. The summed E-state index contributed by atoms with van der Waals surface area (Å²) in [4.78, 5) is 4.01. The van der Waals surface area contributed by atoms with Gasteiger partial charge in [0, 0.05) is 13.1 Å². The molecule has 0 amide bonds. The Kier molecular flexibility index (Phi) is 4.90. The van der Waals surface area contributed by atoms with Crippen LogP contribution in [0.4, 0.5) is 10.1 Å². The van der Waals surface area contributed by atoms with Crippen LogP contribution in [0.2, 0.25) is 0 Å². The summed E-state index contributed by atoms with van der Waals surface area (Å²) in [5.41, 5.74) is 2.75. The lowest BCUT2D eigenvalue weighted by Crippen LogP contribution is -2.27. The molecule has 0 fully saturated rings. The van der Waals surface area contributed by atoms with Gasteiger partial charge in [0.05, 0.1) is 5.69 Å². The number of anilines is 1. The molecule has 4 aromatic rings. The fraction of sp³-hybridized carbons (Fsp3) is 0.0455. The highest BCUT2D eigenvalue weighted by molar-refractivity contribution is 7.92. The maximum atomic E-state index is 13.9. The van der Waals surface area contributed by atoms with Gasteiger partial charge in [0.25, 0.3) is 10.0 Å². The molecule has 0 saturated heterocycles. The summed E-state index contributed by atoms with van der Waals surface area (Å²) in [7, 11) is -2.60. The van der Waals surface area contributed by atoms with Crippen molar-refractivity contribution < 1.29 is 17.2 Å². The first-order valence-corrected chi connectivity index (χ1v) is 10.3. The Balaban J connectivity index is 1.55. The van der Waals surface area contributed by atoms with Gasteiger partial charge in [-0.25, -0.2) is 17.8 Å². The third-order valence-corrected chi connectivity index (χ3v) is 6.28. The molecule has 0 aliphatic carbocycles. The maximum absolute atomic E-state index is 13.9. The molecule has 5 nitrogen and oxygen atoms in total. The van der Waals surface area contributed by atoms with Crippen molar-refractivity contribution in [1.82, 2.24) is 4.98 Å². The van der Waals surface area contributed by atoms with Gasteiger partial charge in [0.15, 0.2) is 5.58 Å². The monoisotopic (exact) mass is 408 g/mol. The third kappa shape index (κ3) is 3.77. The second kappa shape index (κ2) is 7.52. The van der Waals surface area contributed by atoms with Gasteiger partial charge >= 0.3 is 0 Å². The zero-order valence-electron chi connectivity index (χ0n) is 15.5. The van der Waals surface area contributed by atoms with Crippen LogP contribution >= 0.6 is 0 Å². The highest BCUT2D eigenvalue weighted by Gasteiger charge is 2.24. The predicted octanol–water partition coefficient (Wildman–Crippen LogP) is 4.96. The second-order valence-electron chi connectivity index (χ2n) is 6.35. The van der Waals surface area contributed by atoms with Crippen LogP contribution in [0.15, 0.2) is 82.1 Å². The number of benzene rings is 3. The molecule has 1 aromatic heterocycles. The van der Waals surface area contributed by atoms with Gasteiger partial charge in [-0.1, -0.05) is 36.4 Å². The van der Waals surface area contributed by atoms with Crippen molar-refractivity contribution >= 4 is 39.0 Å². The number of nitrogens with zero attached hydrogens (tertiary/aromatic N) is 2. The quantitative estimate of drug-likeness (QED) is 0.468. The minimum absolute atomic E-state index is 0.359. The number of halogens is 1. The van der Waals surface area contributed by atoms with Crippen LogP contribution in [0.5, 0.6) is 0 Å². The Labute approximate surface area is 167 Å². The van der Waals surface area contributed by atoms with Crippen molar-refractivity contribution in [2.75, 3.05) is 11.4 Å². The minimum atomic E-state index is -3.99. The molecule has 0 aliphatic rings. The maximum Gasteiger partial charge on any atom is 0.266 e. The minimum Gasteiger partial charge on any atom is -0.437 e. The normalized spacial score (nSPS) is 11.9. The fourth-order valence-electron chi connectivity index (χ4n) is 2.86. The number of fused-ring (bicyclic) bond motifs is 1. The van der Waals surface area contributed by atoms with E-state index in [1.165, 1.54) is 25.2 Å². The number of hydrogen-bond donors (Lipinski definition) is 0. The topological polar surface area (TPSA) is 63.4 Å². The lowest BCUT2D eigenvalue weighted by atomic mass is 10.2. The summed E-state index contributed by atoms with van der Waals surface area (Å²) in [5, 5.41) is 0. The van der Waals surface area contributed by atoms with Gasteiger partial charge in [0.1, 0.15) is 16.2 Å². The molecule has 4 rings (SSSR count). The van der Waals surface area contributed by atoms with Crippen LogP contribution in [-0.4, -0.2) is 20.4 Å². The summed E-state index contributed by atoms with van der Waals surface area (Å²) in [6, 6.07) is 19.7. The number of sulfonamides is 1. The van der Waals surface area contributed by atoms with E-state index in [0.29, 0.717) is 17.2 Å². The van der Waals surface area contributed by atoms with Crippen molar-refractivity contribution in [1.29, 1.82) is 0 Å². The van der Waals surface area contributed by atoms with Crippen molar-refractivity contribution in [3.8, 4) is 0 Å². The van der Waals surface area contributed by atoms with E-state index in [2.05, 4.69) is 4.98 Å². The van der Waals surface area contributed by atoms with Crippen molar-refractivity contribution in [2.24, 2.45) is 0 Å². The number of hydrogen-bond acceptors (Lipinski definition) is 4. The van der Waals surface area contributed by atoms with Gasteiger partial charge in [-0.2, -0.15) is 0 Å². The van der Waals surface area contributed by atoms with E-state index < -0.39 is 15.8 Å². The average molecular weight is 408 g/mol. The van der Waals surface area contributed by atoms with Crippen LogP contribution in [-0.2, 0) is 10.0 Å². The van der Waals surface area contributed by atoms with Crippen LogP contribution < -0.4 is 4.31 Å². The predicted molar refractivity (Wildman–Crippen MR) is 111 cm³/mol. The molecule has 7 heteroatoms. The van der Waals surface area contributed by atoms with Gasteiger partial charge in [0.2, 0.25) is 5.89 Å². The lowest BCUT2D eigenvalue weighted by Gasteiger charge is -2.20. The van der Waals surface area contributed by atoms with Crippen LogP contribution in [0.1, 0.15) is 11.5 Å². The van der Waals surface area contributed by atoms with E-state index in [1.54, 1.807) is 30.3 Å². The molecule has 146 valence electrons. The highest BCUT2D eigenvalue weighted by atomic mass is 32.2. The van der Waals surface area contributed by atoms with E-state index in [9.17, 15) is 12.8 Å². The number of aromatic nitrogens is 1. The first kappa shape index (κ1) is 18.9. The Morgan fingerprint density at radius 3 is 2.34 bits per heavy atom. The van der Waals surface area contributed by atoms with E-state index in [0.717, 1.165) is 21.5 Å². The Bertz CT molecular complexity index is 1260. The number of oxazole rings is 1. The summed E-state index contributed by atoms with van der Waals surface area (Å²) in [6.45, 7) is 0. The molecule has 0 saturated carbocycles. The van der Waals surface area contributed by atoms with E-state index in [-0.39, 0.29) is 4.90 Å². The molecular weight excluding hydrogens is 391 g/mol. The highest BCUT2D eigenvalue weighted by Crippen LogP contribution is 2.24. The molecular formula is C22H17FN2O3S. The largest absolute Gasteiger partial charge is 0.437 e. The van der Waals surface area contributed by atoms with E-state index in [1.807, 2.05) is 30.3 Å². The fourth-order valence-corrected chi connectivity index (χ4v) is 4.12. The molecule has 0 N–H and O–H groups in total. The summed E-state index contributed by atoms with van der Waals surface area (Å²) in [6.07, 6.45) is 3.56. The number of rotatable bonds is 5. The zero-order valence-corrected chi connectivity index (χ0v) is 16.3. The molecule has 0 bridgehead atoms. The molecule has 3 aromatic carbocycles. The van der Waals surface area contributed by atoms with E-state index in [4.69, 9.17) is 4.42 Å². The number of para-hydroxylation sites is 2. The smallest absolute Gasteiger partial charge is 0.266 e. The molecule has 0 radical (unpaired) electrons. The first-order chi connectivity index (χ1) is 13.9. The van der Waals surface area contributed by atoms with Crippen LogP contribution in [0.25, 0.3) is 23.3 Å². The van der Waals surface area contributed by atoms with Crippen molar-refractivity contribution in [3.05, 3.63) is 90.1 Å². The van der Waals surface area contributed by atoms with Gasteiger partial charge < -0.3 is 4.42 Å². The van der Waals surface area contributed by atoms with Gasteiger partial charge in [-0.15, -0.1) is 0 Å². The molecule has 0 spiro atoms. The SMILES string of the molecule is CN(c1ccc(C=Cc2nc3ccccc3o2)cc1)S(=O)(=O)c1ccccc1F. The van der Waals surface area contributed by atoms with Gasteiger partial charge in [-0.3, -0.25) is 4.31 Å². The summed E-state index contributed by atoms with van der Waals surface area (Å²) >= 11 is 0. The Morgan fingerprint density at radius 2 is 1.62 bits per heavy atom. The van der Waals surface area contributed by atoms with Crippen LogP contribution in [0.3, 0.4) is 0 Å².